The number of alkyl halides is 3. The smallest absolute Gasteiger partial charge is 0.344 e. The summed E-state index contributed by atoms with van der Waals surface area (Å²) in [4.78, 5) is 24.9. The summed E-state index contributed by atoms with van der Waals surface area (Å²) in [5.41, 5.74) is 1.19. The summed E-state index contributed by atoms with van der Waals surface area (Å²) in [5, 5.41) is 7.88. The number of benzene rings is 2. The summed E-state index contributed by atoms with van der Waals surface area (Å²) in [5.74, 6) is -0.932. The Morgan fingerprint density at radius 1 is 1.06 bits per heavy atom. The molecule has 0 radical (unpaired) electrons. The van der Waals surface area contributed by atoms with Crippen LogP contribution < -0.4 is 16.0 Å². The van der Waals surface area contributed by atoms with Crippen molar-refractivity contribution in [3.63, 3.8) is 0 Å². The lowest BCUT2D eigenvalue weighted by Crippen LogP contribution is -2.53. The third kappa shape index (κ3) is 7.14. The Morgan fingerprint density at radius 3 is 2.06 bits per heavy atom. The van der Waals surface area contributed by atoms with Gasteiger partial charge >= 0.3 is 6.18 Å². The van der Waals surface area contributed by atoms with E-state index in [2.05, 4.69) is 16.0 Å². The first-order valence-corrected chi connectivity index (χ1v) is 13.4. The molecule has 2 aromatic rings. The fraction of sp³-hybridized carbons (Fsp3) is 0.440. The van der Waals surface area contributed by atoms with Crippen LogP contribution in [0, 0.1) is 5.92 Å². The highest BCUT2D eigenvalue weighted by molar-refractivity contribution is 7.90. The highest BCUT2D eigenvalue weighted by Crippen LogP contribution is 2.34. The minimum Gasteiger partial charge on any atom is -0.344 e. The molecule has 3 atom stereocenters. The number of carbonyl (C=O) groups excluding carboxylic acids is 2. The number of amides is 1. The van der Waals surface area contributed by atoms with Crippen LogP contribution in [0.5, 0.6) is 0 Å². The highest BCUT2D eigenvalue weighted by Gasteiger charge is 2.43. The van der Waals surface area contributed by atoms with Gasteiger partial charge in [0.25, 0.3) is 0 Å². The van der Waals surface area contributed by atoms with Gasteiger partial charge in [-0.2, -0.15) is 13.2 Å². The number of Topliss-reactive ketones (excluding diaryl/α,β-unsaturated/α-hetero) is 1. The van der Waals surface area contributed by atoms with E-state index in [4.69, 9.17) is 0 Å². The minimum absolute atomic E-state index is 0.0702. The second-order valence-corrected chi connectivity index (χ2v) is 11.4. The van der Waals surface area contributed by atoms with Crippen LogP contribution in [-0.4, -0.2) is 57.7 Å². The van der Waals surface area contributed by atoms with E-state index >= 15 is 0 Å². The van der Waals surface area contributed by atoms with E-state index < -0.39 is 40.0 Å². The van der Waals surface area contributed by atoms with Gasteiger partial charge in [-0.3, -0.25) is 14.9 Å². The van der Waals surface area contributed by atoms with Crippen LogP contribution in [0.25, 0.3) is 11.1 Å². The molecule has 1 unspecified atom stereocenters. The number of nitrogens with one attached hydrogen (secondary N) is 3. The van der Waals surface area contributed by atoms with E-state index in [1.165, 1.54) is 36.4 Å². The highest BCUT2D eigenvalue weighted by atomic mass is 32.2. The zero-order valence-electron chi connectivity index (χ0n) is 20.2. The fourth-order valence-electron chi connectivity index (χ4n) is 4.05. The lowest BCUT2D eigenvalue weighted by atomic mass is 9.97. The molecule has 0 aliphatic carbocycles. The standard InChI is InChI=1S/C25H30F3N3O4S/c1-15(2)12-20(24(33)31-21-13-29-14-22(21)32)30-23(25(26,27)28)18-6-4-16(5-7-18)17-8-10-19(11-9-17)36(3,34)35/h4-11,15,20-21,23,29-30H,12-14H2,1-3H3,(H,31,33)/t20-,21?,23-/m0/s1. The molecule has 3 N–H and O–H groups in total. The Hall–Kier alpha value is -2.76. The molecule has 0 saturated carbocycles. The summed E-state index contributed by atoms with van der Waals surface area (Å²) in [7, 11) is -3.36. The van der Waals surface area contributed by atoms with Crippen molar-refractivity contribution in [1.82, 2.24) is 16.0 Å². The quantitative estimate of drug-likeness (QED) is 0.465. The van der Waals surface area contributed by atoms with Gasteiger partial charge in [-0.15, -0.1) is 0 Å². The minimum atomic E-state index is -4.68. The Bertz CT molecular complexity index is 1180. The van der Waals surface area contributed by atoms with Crippen molar-refractivity contribution in [3.8, 4) is 11.1 Å². The number of sulfone groups is 1. The molecule has 1 amide bonds. The monoisotopic (exact) mass is 525 g/mol. The Balaban J connectivity index is 1.82. The van der Waals surface area contributed by atoms with E-state index in [0.29, 0.717) is 11.1 Å². The number of hydrogen-bond donors (Lipinski definition) is 3. The SMILES string of the molecule is CC(C)C[C@H](N[C@@H](c1ccc(-c2ccc(S(C)(=O)=O)cc2)cc1)C(F)(F)F)C(=O)NC1CNCC1=O. The van der Waals surface area contributed by atoms with Crippen molar-refractivity contribution >= 4 is 21.5 Å². The number of carbonyl (C=O) groups is 2. The molecular weight excluding hydrogens is 495 g/mol. The van der Waals surface area contributed by atoms with Crippen LogP contribution in [-0.2, 0) is 19.4 Å². The predicted molar refractivity (Wildman–Crippen MR) is 130 cm³/mol. The molecule has 7 nitrogen and oxygen atoms in total. The normalized spacial score (nSPS) is 18.3. The van der Waals surface area contributed by atoms with E-state index in [-0.39, 0.29) is 41.7 Å². The molecule has 36 heavy (non-hydrogen) atoms. The Morgan fingerprint density at radius 2 is 1.61 bits per heavy atom. The number of rotatable bonds is 9. The van der Waals surface area contributed by atoms with Gasteiger partial charge in [-0.05, 0) is 41.2 Å². The lowest BCUT2D eigenvalue weighted by molar-refractivity contribution is -0.161. The molecule has 196 valence electrons. The summed E-state index contributed by atoms with van der Waals surface area (Å²) in [6.45, 7) is 3.96. The average Bonchev–Trinajstić information content (AvgIpc) is 3.19. The van der Waals surface area contributed by atoms with Gasteiger partial charge in [-0.1, -0.05) is 50.2 Å². The van der Waals surface area contributed by atoms with Gasteiger partial charge in [-0.25, -0.2) is 8.42 Å². The third-order valence-electron chi connectivity index (χ3n) is 5.93. The van der Waals surface area contributed by atoms with Crippen LogP contribution in [0.15, 0.2) is 53.4 Å². The molecular formula is C25H30F3N3O4S. The number of hydrogen-bond acceptors (Lipinski definition) is 6. The van der Waals surface area contributed by atoms with Gasteiger partial charge in [0.1, 0.15) is 12.1 Å². The van der Waals surface area contributed by atoms with Crippen LogP contribution in [0.3, 0.4) is 0 Å². The molecule has 1 aliphatic rings. The molecule has 1 saturated heterocycles. The van der Waals surface area contributed by atoms with Gasteiger partial charge in [0.15, 0.2) is 15.6 Å². The van der Waals surface area contributed by atoms with E-state index in [0.717, 1.165) is 6.26 Å². The summed E-state index contributed by atoms with van der Waals surface area (Å²) in [6.07, 6.45) is -3.44. The van der Waals surface area contributed by atoms with Crippen molar-refractivity contribution in [2.45, 2.75) is 49.5 Å². The summed E-state index contributed by atoms with van der Waals surface area (Å²) in [6, 6.07) is 7.75. The second-order valence-electron chi connectivity index (χ2n) is 9.40. The predicted octanol–water partition coefficient (Wildman–Crippen LogP) is 3.02. The first-order chi connectivity index (χ1) is 16.8. The Kier molecular flexibility index (Phi) is 8.58. The second kappa shape index (κ2) is 11.1. The topological polar surface area (TPSA) is 104 Å². The van der Waals surface area contributed by atoms with Crippen LogP contribution in [0.2, 0.25) is 0 Å². The third-order valence-corrected chi connectivity index (χ3v) is 7.06. The Labute approximate surface area is 208 Å². The summed E-state index contributed by atoms with van der Waals surface area (Å²) >= 11 is 0. The molecule has 0 bridgehead atoms. The first-order valence-electron chi connectivity index (χ1n) is 11.5. The zero-order chi connectivity index (χ0) is 26.7. The molecule has 0 aromatic heterocycles. The van der Waals surface area contributed by atoms with Crippen molar-refractivity contribution in [1.29, 1.82) is 0 Å². The summed E-state index contributed by atoms with van der Waals surface area (Å²) < 4.78 is 65.6. The molecule has 1 heterocycles. The number of ketones is 1. The fourth-order valence-corrected chi connectivity index (χ4v) is 4.68. The van der Waals surface area contributed by atoms with Crippen molar-refractivity contribution < 1.29 is 31.2 Å². The van der Waals surface area contributed by atoms with Gasteiger partial charge in [0.2, 0.25) is 5.91 Å². The van der Waals surface area contributed by atoms with Crippen molar-refractivity contribution in [3.05, 3.63) is 54.1 Å². The maximum absolute atomic E-state index is 14.1. The molecule has 1 fully saturated rings. The van der Waals surface area contributed by atoms with Crippen LogP contribution in [0.4, 0.5) is 13.2 Å². The molecule has 11 heteroatoms. The van der Waals surface area contributed by atoms with Crippen molar-refractivity contribution in [2.24, 2.45) is 5.92 Å². The van der Waals surface area contributed by atoms with Gasteiger partial charge in [0.05, 0.1) is 17.5 Å². The maximum atomic E-state index is 14.1. The van der Waals surface area contributed by atoms with Crippen molar-refractivity contribution in [2.75, 3.05) is 19.3 Å². The van der Waals surface area contributed by atoms with E-state index in [9.17, 15) is 31.2 Å². The molecule has 0 spiro atoms. The maximum Gasteiger partial charge on any atom is 0.407 e. The largest absolute Gasteiger partial charge is 0.407 e. The number of halogens is 3. The molecule has 3 rings (SSSR count). The molecule has 1 aliphatic heterocycles. The van der Waals surface area contributed by atoms with Gasteiger partial charge in [0, 0.05) is 12.8 Å². The molecule has 2 aromatic carbocycles. The van der Waals surface area contributed by atoms with E-state index in [1.54, 1.807) is 26.0 Å². The van der Waals surface area contributed by atoms with E-state index in [1.807, 2.05) is 0 Å². The van der Waals surface area contributed by atoms with Crippen LogP contribution >= 0.6 is 0 Å². The lowest BCUT2D eigenvalue weighted by Gasteiger charge is -2.29. The van der Waals surface area contributed by atoms with Crippen LogP contribution in [0.1, 0.15) is 31.9 Å². The van der Waals surface area contributed by atoms with Gasteiger partial charge < -0.3 is 10.6 Å². The first kappa shape index (κ1) is 27.8. The zero-order valence-corrected chi connectivity index (χ0v) is 21.0. The average molecular weight is 526 g/mol.